The molecule has 2 heteroatoms. The minimum Gasteiger partial charge on any atom is -0.326 e. The van der Waals surface area contributed by atoms with E-state index in [4.69, 9.17) is 5.73 Å². The van der Waals surface area contributed by atoms with E-state index in [0.29, 0.717) is 0 Å². The molecule has 3 N–H and O–H groups in total. The second-order valence-electron chi connectivity index (χ2n) is 3.09. The van der Waals surface area contributed by atoms with Crippen molar-refractivity contribution in [2.24, 2.45) is 5.73 Å². The third-order valence-corrected chi connectivity index (χ3v) is 1.20. The minimum atomic E-state index is -0.0117. The molecule has 0 aromatic rings. The minimum absolute atomic E-state index is 0.0117. The Kier molecular flexibility index (Phi) is 3.82. The van der Waals surface area contributed by atoms with E-state index in [9.17, 15) is 0 Å². The van der Waals surface area contributed by atoms with Gasteiger partial charge < -0.3 is 11.1 Å². The van der Waals surface area contributed by atoms with Crippen LogP contribution in [0.5, 0.6) is 0 Å². The SMILES string of the molecule is CCNCCC(C)(C)N. The lowest BCUT2D eigenvalue weighted by molar-refractivity contribution is 0.459. The predicted molar refractivity (Wildman–Crippen MR) is 41.4 cm³/mol. The Morgan fingerprint density at radius 2 is 2.00 bits per heavy atom. The Labute approximate surface area is 57.8 Å². The molecular formula is C7H18N2. The van der Waals surface area contributed by atoms with Gasteiger partial charge in [0.1, 0.15) is 0 Å². The maximum absolute atomic E-state index is 5.74. The Hall–Kier alpha value is -0.0800. The molecular weight excluding hydrogens is 112 g/mol. The molecule has 0 heterocycles. The maximum Gasteiger partial charge on any atom is 0.0109 e. The van der Waals surface area contributed by atoms with E-state index in [1.165, 1.54) is 0 Å². The fourth-order valence-electron chi connectivity index (χ4n) is 0.587. The maximum atomic E-state index is 5.74. The third-order valence-electron chi connectivity index (χ3n) is 1.20. The first-order chi connectivity index (χ1) is 4.06. The van der Waals surface area contributed by atoms with E-state index in [1.54, 1.807) is 0 Å². The fraction of sp³-hybridized carbons (Fsp3) is 1.00. The van der Waals surface area contributed by atoms with Crippen LogP contribution in [0.25, 0.3) is 0 Å². The van der Waals surface area contributed by atoms with Crippen molar-refractivity contribution in [3.8, 4) is 0 Å². The zero-order valence-electron chi connectivity index (χ0n) is 6.70. The Morgan fingerprint density at radius 1 is 1.44 bits per heavy atom. The second-order valence-corrected chi connectivity index (χ2v) is 3.09. The predicted octanol–water partition coefficient (Wildman–Crippen LogP) is 0.723. The average molecular weight is 130 g/mol. The monoisotopic (exact) mass is 130 g/mol. The van der Waals surface area contributed by atoms with Crippen molar-refractivity contribution >= 4 is 0 Å². The van der Waals surface area contributed by atoms with Crippen molar-refractivity contribution in [2.75, 3.05) is 13.1 Å². The topological polar surface area (TPSA) is 38.0 Å². The van der Waals surface area contributed by atoms with Crippen molar-refractivity contribution < 1.29 is 0 Å². The number of nitrogens with one attached hydrogen (secondary N) is 1. The normalized spacial score (nSPS) is 12.0. The first-order valence-electron chi connectivity index (χ1n) is 3.56. The molecule has 0 rings (SSSR count). The summed E-state index contributed by atoms with van der Waals surface area (Å²) >= 11 is 0. The number of nitrogens with two attached hydrogens (primary N) is 1. The van der Waals surface area contributed by atoms with Crippen LogP contribution in [0.4, 0.5) is 0 Å². The second kappa shape index (κ2) is 3.85. The van der Waals surface area contributed by atoms with Gasteiger partial charge in [0.05, 0.1) is 0 Å². The summed E-state index contributed by atoms with van der Waals surface area (Å²) in [6.45, 7) is 8.26. The van der Waals surface area contributed by atoms with E-state index in [1.807, 2.05) is 13.8 Å². The molecule has 9 heavy (non-hydrogen) atoms. The molecule has 0 atom stereocenters. The molecule has 0 fully saturated rings. The summed E-state index contributed by atoms with van der Waals surface area (Å²) in [6, 6.07) is 0. The van der Waals surface area contributed by atoms with Crippen LogP contribution in [-0.4, -0.2) is 18.6 Å². The molecule has 0 aliphatic rings. The third kappa shape index (κ3) is 7.92. The van der Waals surface area contributed by atoms with Gasteiger partial charge in [-0.1, -0.05) is 6.92 Å². The highest BCUT2D eigenvalue weighted by molar-refractivity contribution is 4.71. The Bertz CT molecular complexity index is 63.8. The van der Waals surface area contributed by atoms with Gasteiger partial charge in [0.25, 0.3) is 0 Å². The number of hydrogen-bond donors (Lipinski definition) is 2. The summed E-state index contributed by atoms with van der Waals surface area (Å²) in [5.41, 5.74) is 5.72. The Morgan fingerprint density at radius 3 is 2.33 bits per heavy atom. The smallest absolute Gasteiger partial charge is 0.0109 e. The molecule has 0 aliphatic heterocycles. The van der Waals surface area contributed by atoms with Gasteiger partial charge in [-0.3, -0.25) is 0 Å². The van der Waals surface area contributed by atoms with E-state index in [2.05, 4.69) is 12.2 Å². The van der Waals surface area contributed by atoms with Crippen molar-refractivity contribution in [1.29, 1.82) is 0 Å². The first kappa shape index (κ1) is 8.92. The van der Waals surface area contributed by atoms with Crippen LogP contribution < -0.4 is 11.1 Å². The van der Waals surface area contributed by atoms with Crippen LogP contribution in [0.2, 0.25) is 0 Å². The van der Waals surface area contributed by atoms with Crippen molar-refractivity contribution in [1.82, 2.24) is 5.32 Å². The molecule has 0 saturated carbocycles. The zero-order chi connectivity index (χ0) is 7.33. The standard InChI is InChI=1S/C7H18N2/c1-4-9-6-5-7(2,3)8/h9H,4-6,8H2,1-3H3. The van der Waals surface area contributed by atoms with Gasteiger partial charge in [-0.25, -0.2) is 0 Å². The molecule has 0 aromatic heterocycles. The largest absolute Gasteiger partial charge is 0.326 e. The zero-order valence-corrected chi connectivity index (χ0v) is 6.70. The molecule has 0 aromatic carbocycles. The summed E-state index contributed by atoms with van der Waals surface area (Å²) in [5, 5.41) is 3.22. The fourth-order valence-corrected chi connectivity index (χ4v) is 0.587. The summed E-state index contributed by atoms with van der Waals surface area (Å²) in [6.07, 6.45) is 1.04. The van der Waals surface area contributed by atoms with Crippen LogP contribution >= 0.6 is 0 Å². The average Bonchev–Trinajstić information content (AvgIpc) is 1.63. The lowest BCUT2D eigenvalue weighted by atomic mass is 10.0. The van der Waals surface area contributed by atoms with Gasteiger partial charge in [-0.05, 0) is 33.4 Å². The molecule has 0 unspecified atom stereocenters. The molecule has 2 nitrogen and oxygen atoms in total. The molecule has 0 aliphatic carbocycles. The van der Waals surface area contributed by atoms with Crippen molar-refractivity contribution in [3.05, 3.63) is 0 Å². The van der Waals surface area contributed by atoms with E-state index < -0.39 is 0 Å². The van der Waals surface area contributed by atoms with Gasteiger partial charge in [-0.15, -0.1) is 0 Å². The quantitative estimate of drug-likeness (QED) is 0.550. The first-order valence-corrected chi connectivity index (χ1v) is 3.56. The lowest BCUT2D eigenvalue weighted by Crippen LogP contribution is -2.35. The molecule has 0 saturated heterocycles. The lowest BCUT2D eigenvalue weighted by Gasteiger charge is -2.17. The highest BCUT2D eigenvalue weighted by Crippen LogP contribution is 2.00. The highest BCUT2D eigenvalue weighted by Gasteiger charge is 2.07. The van der Waals surface area contributed by atoms with Crippen molar-refractivity contribution in [2.45, 2.75) is 32.7 Å². The van der Waals surface area contributed by atoms with Gasteiger partial charge in [-0.2, -0.15) is 0 Å². The number of rotatable bonds is 4. The van der Waals surface area contributed by atoms with Crippen LogP contribution in [0, 0.1) is 0 Å². The van der Waals surface area contributed by atoms with Gasteiger partial charge >= 0.3 is 0 Å². The molecule has 56 valence electrons. The van der Waals surface area contributed by atoms with E-state index in [-0.39, 0.29) is 5.54 Å². The molecule has 0 amide bonds. The van der Waals surface area contributed by atoms with Gasteiger partial charge in [0.2, 0.25) is 0 Å². The van der Waals surface area contributed by atoms with Crippen LogP contribution in [-0.2, 0) is 0 Å². The molecule has 0 spiro atoms. The van der Waals surface area contributed by atoms with Crippen LogP contribution in [0.3, 0.4) is 0 Å². The van der Waals surface area contributed by atoms with E-state index in [0.717, 1.165) is 19.5 Å². The van der Waals surface area contributed by atoms with Crippen molar-refractivity contribution in [3.63, 3.8) is 0 Å². The van der Waals surface area contributed by atoms with Gasteiger partial charge in [0, 0.05) is 5.54 Å². The van der Waals surface area contributed by atoms with Crippen LogP contribution in [0.1, 0.15) is 27.2 Å². The Balaban J connectivity index is 3.07. The highest BCUT2D eigenvalue weighted by atomic mass is 14.9. The number of hydrogen-bond acceptors (Lipinski definition) is 2. The van der Waals surface area contributed by atoms with E-state index >= 15 is 0 Å². The summed E-state index contributed by atoms with van der Waals surface area (Å²) < 4.78 is 0. The molecule has 0 radical (unpaired) electrons. The van der Waals surface area contributed by atoms with Gasteiger partial charge in [0.15, 0.2) is 0 Å². The van der Waals surface area contributed by atoms with Crippen LogP contribution in [0.15, 0.2) is 0 Å². The summed E-state index contributed by atoms with van der Waals surface area (Å²) in [5.74, 6) is 0. The summed E-state index contributed by atoms with van der Waals surface area (Å²) in [7, 11) is 0. The summed E-state index contributed by atoms with van der Waals surface area (Å²) in [4.78, 5) is 0. The molecule has 0 bridgehead atoms.